The second-order valence-electron chi connectivity index (χ2n) is 6.12. The van der Waals surface area contributed by atoms with Gasteiger partial charge in [-0.1, -0.05) is 62.0 Å². The molecule has 0 saturated heterocycles. The van der Waals surface area contributed by atoms with Gasteiger partial charge in [-0.15, -0.1) is 0 Å². The maximum atomic E-state index is 2.47. The molecule has 1 aliphatic rings. The fourth-order valence-electron chi connectivity index (χ4n) is 3.42. The second-order valence-corrected chi connectivity index (χ2v) is 7.36. The van der Waals surface area contributed by atoms with Gasteiger partial charge in [0.05, 0.1) is 9.52 Å². The minimum Gasteiger partial charge on any atom is -0.198 e. The molecule has 21 heavy (non-hydrogen) atoms. The molecule has 2 aromatic rings. The Morgan fingerprint density at radius 2 is 1.81 bits per heavy atom. The topological polar surface area (TPSA) is 0 Å². The Kier molecular flexibility index (Phi) is 5.76. The SMILES string of the molecule is Cc1cccc([Si]C[c-]2cc(C)c3c2CCCC3)c1C.[Ti]. The molecule has 108 valence electrons. The second kappa shape index (κ2) is 7.18. The van der Waals surface area contributed by atoms with Crippen LogP contribution in [0.25, 0.3) is 0 Å². The van der Waals surface area contributed by atoms with E-state index in [1.54, 1.807) is 27.4 Å². The quantitative estimate of drug-likeness (QED) is 0.595. The van der Waals surface area contributed by atoms with Gasteiger partial charge in [0.15, 0.2) is 0 Å². The van der Waals surface area contributed by atoms with E-state index in [1.165, 1.54) is 42.9 Å². The van der Waals surface area contributed by atoms with Crippen molar-refractivity contribution in [2.75, 3.05) is 0 Å². The van der Waals surface area contributed by atoms with Gasteiger partial charge in [-0.2, -0.15) is 28.3 Å². The predicted octanol–water partition coefficient (Wildman–Crippen LogP) is 3.74. The van der Waals surface area contributed by atoms with E-state index in [9.17, 15) is 0 Å². The van der Waals surface area contributed by atoms with E-state index < -0.39 is 0 Å². The summed E-state index contributed by atoms with van der Waals surface area (Å²) < 4.78 is 0. The number of hydrogen-bond acceptors (Lipinski definition) is 0. The van der Waals surface area contributed by atoms with Crippen LogP contribution in [-0.2, 0) is 40.6 Å². The van der Waals surface area contributed by atoms with Gasteiger partial charge >= 0.3 is 0 Å². The average molecular weight is 327 g/mol. The molecule has 0 bridgehead atoms. The first-order chi connectivity index (χ1) is 9.66. The summed E-state index contributed by atoms with van der Waals surface area (Å²) in [6, 6.07) is 10.4. The minimum atomic E-state index is 0. The van der Waals surface area contributed by atoms with Crippen LogP contribution in [0.5, 0.6) is 0 Å². The summed E-state index contributed by atoms with van der Waals surface area (Å²) in [4.78, 5) is 0. The number of aryl methyl sites for hydroxylation is 2. The van der Waals surface area contributed by atoms with Crippen LogP contribution in [0.1, 0.15) is 46.2 Å². The summed E-state index contributed by atoms with van der Waals surface area (Å²) in [5.74, 6) is 0. The Bertz CT molecular complexity index is 625. The van der Waals surface area contributed by atoms with Crippen LogP contribution in [0, 0.1) is 20.8 Å². The van der Waals surface area contributed by atoms with Crippen molar-refractivity contribution < 1.29 is 21.7 Å². The summed E-state index contributed by atoms with van der Waals surface area (Å²) in [6.45, 7) is 6.79. The third kappa shape index (κ3) is 3.47. The van der Waals surface area contributed by atoms with Gasteiger partial charge in [0.2, 0.25) is 0 Å². The molecule has 0 spiro atoms. The monoisotopic (exact) mass is 327 g/mol. The van der Waals surface area contributed by atoms with Crippen molar-refractivity contribution in [1.29, 1.82) is 0 Å². The summed E-state index contributed by atoms with van der Waals surface area (Å²) in [6.07, 6.45) is 5.40. The van der Waals surface area contributed by atoms with Crippen molar-refractivity contribution in [2.45, 2.75) is 52.5 Å². The first-order valence-electron chi connectivity index (χ1n) is 7.74. The molecule has 1 aliphatic carbocycles. The molecule has 0 atom stereocenters. The van der Waals surface area contributed by atoms with Crippen molar-refractivity contribution in [3.63, 3.8) is 0 Å². The summed E-state index contributed by atoms with van der Waals surface area (Å²) in [5, 5.41) is 1.55. The zero-order chi connectivity index (χ0) is 14.1. The van der Waals surface area contributed by atoms with Crippen LogP contribution in [-0.4, -0.2) is 9.52 Å². The summed E-state index contributed by atoms with van der Waals surface area (Å²) >= 11 is 0. The minimum absolute atomic E-state index is 0. The Labute approximate surface area is 146 Å². The molecule has 0 heterocycles. The molecule has 0 saturated carbocycles. The number of rotatable bonds is 3. The molecule has 0 nitrogen and oxygen atoms in total. The largest absolute Gasteiger partial charge is 0.198 e. The van der Waals surface area contributed by atoms with Gasteiger partial charge in [0.1, 0.15) is 0 Å². The molecule has 0 aromatic heterocycles. The third-order valence-corrected chi connectivity index (χ3v) is 6.28. The van der Waals surface area contributed by atoms with Crippen molar-refractivity contribution in [2.24, 2.45) is 0 Å². The van der Waals surface area contributed by atoms with Gasteiger partial charge in [-0.25, -0.2) is 0 Å². The molecular formula is C19H23SiTi-. The number of hydrogen-bond donors (Lipinski definition) is 0. The van der Waals surface area contributed by atoms with Crippen LogP contribution in [0.4, 0.5) is 0 Å². The summed E-state index contributed by atoms with van der Waals surface area (Å²) in [5.41, 5.74) is 9.47. The Hall–Kier alpha value is -0.499. The molecule has 3 rings (SSSR count). The maximum absolute atomic E-state index is 2.47. The maximum Gasteiger partial charge on any atom is 0.0732 e. The van der Waals surface area contributed by atoms with E-state index >= 15 is 0 Å². The van der Waals surface area contributed by atoms with E-state index in [-0.39, 0.29) is 21.7 Å². The Morgan fingerprint density at radius 3 is 2.62 bits per heavy atom. The molecule has 2 aromatic carbocycles. The van der Waals surface area contributed by atoms with Crippen LogP contribution in [0.3, 0.4) is 0 Å². The fourth-order valence-corrected chi connectivity index (χ4v) is 4.79. The first kappa shape index (κ1) is 16.9. The van der Waals surface area contributed by atoms with Crippen molar-refractivity contribution in [3.8, 4) is 0 Å². The molecule has 0 unspecified atom stereocenters. The fraction of sp³-hybridized carbons (Fsp3) is 0.421. The van der Waals surface area contributed by atoms with Gasteiger partial charge in [-0.3, -0.25) is 0 Å². The smallest absolute Gasteiger partial charge is 0.0732 e. The van der Waals surface area contributed by atoms with E-state index in [0.717, 1.165) is 9.52 Å². The van der Waals surface area contributed by atoms with Crippen LogP contribution in [0.15, 0.2) is 24.3 Å². The molecule has 2 heteroatoms. The number of benzene rings is 1. The molecule has 0 amide bonds. The molecule has 0 aliphatic heterocycles. The first-order valence-corrected chi connectivity index (χ1v) is 8.94. The molecule has 0 fully saturated rings. The van der Waals surface area contributed by atoms with Crippen LogP contribution < -0.4 is 5.19 Å². The van der Waals surface area contributed by atoms with E-state index in [0.29, 0.717) is 0 Å². The van der Waals surface area contributed by atoms with Gasteiger partial charge in [-0.05, 0) is 25.0 Å². The standard InChI is InChI=1S/C19H23Si.Ti/c1-13-7-6-10-19(15(13)3)20-12-16-11-14(2)17-8-4-5-9-18(16)17;/h6-7,10-11H,4-5,8-9,12H2,1-3H3;/q-1;. The predicted molar refractivity (Wildman–Crippen MR) is 88.4 cm³/mol. The van der Waals surface area contributed by atoms with E-state index in [1.807, 2.05) is 0 Å². The third-order valence-electron chi connectivity index (χ3n) is 4.80. The number of fused-ring (bicyclic) bond motifs is 1. The van der Waals surface area contributed by atoms with Gasteiger partial charge in [0, 0.05) is 21.7 Å². The van der Waals surface area contributed by atoms with Crippen LogP contribution in [0.2, 0.25) is 0 Å². The zero-order valence-electron chi connectivity index (χ0n) is 13.3. The average Bonchev–Trinajstić information content (AvgIpc) is 2.78. The normalized spacial score (nSPS) is 13.7. The van der Waals surface area contributed by atoms with E-state index in [4.69, 9.17) is 0 Å². The molecule has 2 radical (unpaired) electrons. The van der Waals surface area contributed by atoms with Gasteiger partial charge in [0.25, 0.3) is 0 Å². The van der Waals surface area contributed by atoms with Crippen molar-refractivity contribution in [1.82, 2.24) is 0 Å². The molecule has 0 N–H and O–H groups in total. The van der Waals surface area contributed by atoms with Gasteiger partial charge < -0.3 is 0 Å². The Morgan fingerprint density at radius 1 is 1.05 bits per heavy atom. The van der Waals surface area contributed by atoms with Crippen LogP contribution >= 0.6 is 0 Å². The Balaban J connectivity index is 0.00000161. The summed E-state index contributed by atoms with van der Waals surface area (Å²) in [7, 11) is 0.912. The zero-order valence-corrected chi connectivity index (χ0v) is 15.9. The van der Waals surface area contributed by atoms with E-state index in [2.05, 4.69) is 45.0 Å². The molecular weight excluding hydrogens is 304 g/mol. The van der Waals surface area contributed by atoms with Crippen molar-refractivity contribution >= 4 is 14.7 Å². The van der Waals surface area contributed by atoms with Crippen molar-refractivity contribution in [3.05, 3.63) is 57.6 Å².